The number of aliphatic hydroxyl groups excluding tert-OH is 1. The van der Waals surface area contributed by atoms with E-state index in [0.29, 0.717) is 19.1 Å². The van der Waals surface area contributed by atoms with Crippen molar-refractivity contribution in [1.29, 1.82) is 0 Å². The molecule has 0 aliphatic heterocycles. The van der Waals surface area contributed by atoms with E-state index in [4.69, 9.17) is 9.47 Å². The molecular weight excluding hydrogens is 270 g/mol. The first kappa shape index (κ1) is 18.2. The molecule has 1 aliphatic rings. The zero-order valence-corrected chi connectivity index (χ0v) is 14.1. The van der Waals surface area contributed by atoms with Crippen LogP contribution in [0.3, 0.4) is 0 Å². The standard InChI is InChI=1S/C16H31NO4/c1-12(2)20-9-8-16(11-18,13-6-7-13)10-17-14(19)21-15(3,4)5/h12-13,18H,6-11H2,1-5H3,(H,17,19). The molecule has 1 aliphatic carbocycles. The Morgan fingerprint density at radius 1 is 1.33 bits per heavy atom. The number of amides is 1. The molecule has 0 aromatic heterocycles. The van der Waals surface area contributed by atoms with Gasteiger partial charge in [-0.1, -0.05) is 0 Å². The molecule has 1 amide bonds. The average molecular weight is 301 g/mol. The van der Waals surface area contributed by atoms with E-state index in [9.17, 15) is 9.90 Å². The van der Waals surface area contributed by atoms with Gasteiger partial charge in [0.2, 0.25) is 0 Å². The Morgan fingerprint density at radius 2 is 1.95 bits per heavy atom. The minimum atomic E-state index is -0.508. The quantitative estimate of drug-likeness (QED) is 0.723. The van der Waals surface area contributed by atoms with Crippen molar-refractivity contribution in [2.24, 2.45) is 11.3 Å². The van der Waals surface area contributed by atoms with Crippen LogP contribution in [0.25, 0.3) is 0 Å². The largest absolute Gasteiger partial charge is 0.444 e. The van der Waals surface area contributed by atoms with E-state index in [2.05, 4.69) is 5.32 Å². The Kier molecular flexibility index (Phi) is 6.47. The Labute approximate surface area is 128 Å². The third kappa shape index (κ3) is 6.66. The number of aliphatic hydroxyl groups is 1. The molecule has 2 N–H and O–H groups in total. The Morgan fingerprint density at radius 3 is 2.38 bits per heavy atom. The fraction of sp³-hybridized carbons (Fsp3) is 0.938. The van der Waals surface area contributed by atoms with Crippen LogP contribution in [0.2, 0.25) is 0 Å². The summed E-state index contributed by atoms with van der Waals surface area (Å²) in [6.07, 6.45) is 2.73. The summed E-state index contributed by atoms with van der Waals surface area (Å²) in [4.78, 5) is 11.8. The maximum Gasteiger partial charge on any atom is 0.407 e. The first-order chi connectivity index (χ1) is 9.68. The van der Waals surface area contributed by atoms with Gasteiger partial charge in [0, 0.05) is 18.6 Å². The molecule has 0 bridgehead atoms. The lowest BCUT2D eigenvalue weighted by Crippen LogP contribution is -2.44. The van der Waals surface area contributed by atoms with E-state index in [-0.39, 0.29) is 18.1 Å². The highest BCUT2D eigenvalue weighted by Crippen LogP contribution is 2.47. The van der Waals surface area contributed by atoms with Crippen LogP contribution < -0.4 is 5.32 Å². The maximum absolute atomic E-state index is 11.8. The fourth-order valence-electron chi connectivity index (χ4n) is 2.46. The normalized spacial score (nSPS) is 18.4. The second kappa shape index (κ2) is 7.45. The fourth-order valence-corrected chi connectivity index (χ4v) is 2.46. The van der Waals surface area contributed by atoms with E-state index >= 15 is 0 Å². The van der Waals surface area contributed by atoms with Crippen LogP contribution >= 0.6 is 0 Å². The van der Waals surface area contributed by atoms with Crippen molar-refractivity contribution in [3.63, 3.8) is 0 Å². The first-order valence-electron chi connectivity index (χ1n) is 7.88. The van der Waals surface area contributed by atoms with Crippen molar-refractivity contribution >= 4 is 6.09 Å². The number of carbonyl (C=O) groups excluding carboxylic acids is 1. The molecule has 0 aromatic carbocycles. The Bertz CT molecular complexity index is 334. The molecule has 124 valence electrons. The van der Waals surface area contributed by atoms with Crippen molar-refractivity contribution < 1.29 is 19.4 Å². The molecule has 1 atom stereocenters. The number of hydrogen-bond donors (Lipinski definition) is 2. The van der Waals surface area contributed by atoms with Crippen molar-refractivity contribution in [1.82, 2.24) is 5.32 Å². The molecule has 5 heteroatoms. The van der Waals surface area contributed by atoms with E-state index < -0.39 is 11.7 Å². The monoisotopic (exact) mass is 301 g/mol. The summed E-state index contributed by atoms with van der Waals surface area (Å²) in [5.41, 5.74) is -0.794. The highest BCUT2D eigenvalue weighted by molar-refractivity contribution is 5.67. The molecule has 1 rings (SSSR count). The number of carbonyl (C=O) groups is 1. The van der Waals surface area contributed by atoms with Gasteiger partial charge in [0.1, 0.15) is 5.60 Å². The predicted molar refractivity (Wildman–Crippen MR) is 82.2 cm³/mol. The Hall–Kier alpha value is -0.810. The van der Waals surface area contributed by atoms with E-state index in [1.807, 2.05) is 34.6 Å². The van der Waals surface area contributed by atoms with Gasteiger partial charge in [-0.25, -0.2) is 4.79 Å². The second-order valence-corrected chi connectivity index (χ2v) is 7.32. The topological polar surface area (TPSA) is 67.8 Å². The smallest absolute Gasteiger partial charge is 0.407 e. The third-order valence-electron chi connectivity index (χ3n) is 3.79. The second-order valence-electron chi connectivity index (χ2n) is 7.32. The summed E-state index contributed by atoms with van der Waals surface area (Å²) in [6.45, 7) is 10.6. The molecule has 0 heterocycles. The van der Waals surface area contributed by atoms with Crippen LogP contribution in [0, 0.1) is 11.3 Å². The first-order valence-corrected chi connectivity index (χ1v) is 7.88. The van der Waals surface area contributed by atoms with Gasteiger partial charge >= 0.3 is 6.09 Å². The molecule has 0 spiro atoms. The van der Waals surface area contributed by atoms with Gasteiger partial charge in [-0.3, -0.25) is 0 Å². The van der Waals surface area contributed by atoms with E-state index in [1.54, 1.807) is 0 Å². The molecule has 21 heavy (non-hydrogen) atoms. The highest BCUT2D eigenvalue weighted by atomic mass is 16.6. The molecule has 1 fully saturated rings. The molecular formula is C16H31NO4. The molecule has 0 radical (unpaired) electrons. The van der Waals surface area contributed by atoms with Crippen molar-refractivity contribution in [3.05, 3.63) is 0 Å². The lowest BCUT2D eigenvalue weighted by molar-refractivity contribution is 0.0142. The van der Waals surface area contributed by atoms with Crippen LogP contribution in [-0.2, 0) is 9.47 Å². The number of nitrogens with one attached hydrogen (secondary N) is 1. The van der Waals surface area contributed by atoms with Crippen LogP contribution in [0.5, 0.6) is 0 Å². The summed E-state index contributed by atoms with van der Waals surface area (Å²) in [5, 5.41) is 12.7. The summed E-state index contributed by atoms with van der Waals surface area (Å²) in [7, 11) is 0. The zero-order valence-electron chi connectivity index (χ0n) is 14.1. The summed E-state index contributed by atoms with van der Waals surface area (Å²) in [6, 6.07) is 0. The predicted octanol–water partition coefficient (Wildman–Crippen LogP) is 2.71. The van der Waals surface area contributed by atoms with Gasteiger partial charge in [0.15, 0.2) is 0 Å². The summed E-state index contributed by atoms with van der Waals surface area (Å²) < 4.78 is 10.9. The van der Waals surface area contributed by atoms with Gasteiger partial charge in [-0.2, -0.15) is 0 Å². The summed E-state index contributed by atoms with van der Waals surface area (Å²) in [5.74, 6) is 0.466. The minimum absolute atomic E-state index is 0.0644. The minimum Gasteiger partial charge on any atom is -0.444 e. The maximum atomic E-state index is 11.8. The molecule has 1 unspecified atom stereocenters. The number of alkyl carbamates (subject to hydrolysis) is 1. The average Bonchev–Trinajstić information content (AvgIpc) is 3.15. The van der Waals surface area contributed by atoms with Crippen LogP contribution in [0.4, 0.5) is 4.79 Å². The van der Waals surface area contributed by atoms with Crippen molar-refractivity contribution in [2.45, 2.75) is 65.6 Å². The lowest BCUT2D eigenvalue weighted by atomic mass is 9.80. The number of rotatable bonds is 8. The van der Waals surface area contributed by atoms with E-state index in [1.165, 1.54) is 0 Å². The van der Waals surface area contributed by atoms with Crippen LogP contribution in [-0.4, -0.2) is 42.7 Å². The van der Waals surface area contributed by atoms with Crippen LogP contribution in [0.15, 0.2) is 0 Å². The molecule has 0 aromatic rings. The zero-order chi connectivity index (χ0) is 16.1. The third-order valence-corrected chi connectivity index (χ3v) is 3.79. The molecule has 0 saturated heterocycles. The highest BCUT2D eigenvalue weighted by Gasteiger charge is 2.44. The lowest BCUT2D eigenvalue weighted by Gasteiger charge is -2.33. The van der Waals surface area contributed by atoms with Gasteiger partial charge in [0.25, 0.3) is 0 Å². The van der Waals surface area contributed by atoms with Gasteiger partial charge in [-0.15, -0.1) is 0 Å². The Balaban J connectivity index is 2.51. The van der Waals surface area contributed by atoms with Crippen molar-refractivity contribution in [3.8, 4) is 0 Å². The number of hydrogen-bond acceptors (Lipinski definition) is 4. The SMILES string of the molecule is CC(C)OCCC(CO)(CNC(=O)OC(C)(C)C)C1CC1. The van der Waals surface area contributed by atoms with Crippen LogP contribution in [0.1, 0.15) is 53.9 Å². The van der Waals surface area contributed by atoms with Gasteiger partial charge < -0.3 is 19.9 Å². The van der Waals surface area contributed by atoms with Gasteiger partial charge in [-0.05, 0) is 59.8 Å². The van der Waals surface area contributed by atoms with Gasteiger partial charge in [0.05, 0.1) is 12.7 Å². The number of ether oxygens (including phenoxy) is 2. The molecule has 5 nitrogen and oxygen atoms in total. The van der Waals surface area contributed by atoms with E-state index in [0.717, 1.165) is 19.3 Å². The van der Waals surface area contributed by atoms with Crippen molar-refractivity contribution in [2.75, 3.05) is 19.8 Å². The summed E-state index contributed by atoms with van der Waals surface area (Å²) >= 11 is 0. The molecule has 1 saturated carbocycles.